The molecule has 1 aliphatic rings. The van der Waals surface area contributed by atoms with Crippen LogP contribution in [0.1, 0.15) is 38.5 Å². The third kappa shape index (κ3) is 7.64. The molecule has 0 radical (unpaired) electrons. The third-order valence-electron chi connectivity index (χ3n) is 4.81. The lowest BCUT2D eigenvalue weighted by Crippen LogP contribution is -2.17. The summed E-state index contributed by atoms with van der Waals surface area (Å²) < 4.78 is 18.3. The molecule has 6 heteroatoms. The summed E-state index contributed by atoms with van der Waals surface area (Å²) in [5, 5.41) is 18.7. The molecular weight excluding hydrogens is 363 g/mol. The van der Waals surface area contributed by atoms with Gasteiger partial charge in [0.05, 0.1) is 0 Å². The number of rotatable bonds is 11. The van der Waals surface area contributed by atoms with Crippen molar-refractivity contribution in [2.24, 2.45) is 11.8 Å². The number of hydrogen-bond donors (Lipinski definition) is 2. The van der Waals surface area contributed by atoms with Gasteiger partial charge in [0.2, 0.25) is 0 Å². The fourth-order valence-electron chi connectivity index (χ4n) is 3.30. The fourth-order valence-corrected chi connectivity index (χ4v) is 3.30. The Morgan fingerprint density at radius 2 is 1.96 bits per heavy atom. The van der Waals surface area contributed by atoms with Crippen LogP contribution in [0.15, 0.2) is 48.6 Å². The van der Waals surface area contributed by atoms with Gasteiger partial charge in [-0.25, -0.2) is 4.39 Å². The second-order valence-corrected chi connectivity index (χ2v) is 6.97. The zero-order valence-corrected chi connectivity index (χ0v) is 15.8. The highest BCUT2D eigenvalue weighted by molar-refractivity contribution is 5.83. The molecule has 0 aromatic heterocycles. The molecule has 0 heterocycles. The highest BCUT2D eigenvalue weighted by Crippen LogP contribution is 2.33. The molecule has 2 N–H and O–H groups in total. The number of benzene rings is 1. The Balaban J connectivity index is 1.76. The fraction of sp³-hybridized carbons (Fsp3) is 0.455. The van der Waals surface area contributed by atoms with E-state index in [1.54, 1.807) is 6.08 Å². The lowest BCUT2D eigenvalue weighted by molar-refractivity contribution is -0.136. The van der Waals surface area contributed by atoms with Gasteiger partial charge in [-0.05, 0) is 55.9 Å². The Bertz CT molecular complexity index is 695. The zero-order valence-electron chi connectivity index (χ0n) is 15.8. The Kier molecular flexibility index (Phi) is 8.88. The quantitative estimate of drug-likeness (QED) is 0.560. The van der Waals surface area contributed by atoms with Crippen LogP contribution < -0.4 is 4.74 Å². The Labute approximate surface area is 164 Å². The van der Waals surface area contributed by atoms with Crippen LogP contribution in [0.2, 0.25) is 0 Å². The molecule has 1 aliphatic carbocycles. The predicted octanol–water partition coefficient (Wildman–Crippen LogP) is 3.92. The number of aliphatic carboxylic acids is 1. The Morgan fingerprint density at radius 3 is 2.68 bits per heavy atom. The zero-order chi connectivity index (χ0) is 20.4. The van der Waals surface area contributed by atoms with Crippen LogP contribution in [0.3, 0.4) is 0 Å². The van der Waals surface area contributed by atoms with Gasteiger partial charge < -0.3 is 14.9 Å². The van der Waals surface area contributed by atoms with E-state index in [2.05, 4.69) is 0 Å². The van der Waals surface area contributed by atoms with Crippen LogP contribution in [0.4, 0.5) is 4.39 Å². The largest absolute Gasteiger partial charge is 0.491 e. The van der Waals surface area contributed by atoms with Crippen molar-refractivity contribution in [3.8, 4) is 5.75 Å². The second kappa shape index (κ2) is 11.4. The van der Waals surface area contributed by atoms with Gasteiger partial charge in [-0.2, -0.15) is 0 Å². The summed E-state index contributed by atoms with van der Waals surface area (Å²) in [6.07, 6.45) is 9.90. The van der Waals surface area contributed by atoms with E-state index in [0.29, 0.717) is 18.6 Å². The molecule has 152 valence electrons. The van der Waals surface area contributed by atoms with Crippen molar-refractivity contribution in [2.45, 2.75) is 44.6 Å². The summed E-state index contributed by atoms with van der Waals surface area (Å²) in [5.41, 5.74) is 0. The number of ketones is 1. The Morgan fingerprint density at radius 1 is 1.25 bits per heavy atom. The molecule has 3 atom stereocenters. The maximum absolute atomic E-state index is 12.9. The molecule has 0 amide bonds. The number of carboxylic acids is 1. The highest BCUT2D eigenvalue weighted by atomic mass is 19.1. The van der Waals surface area contributed by atoms with Crippen LogP contribution in [0.25, 0.3) is 0 Å². The maximum atomic E-state index is 12.9. The molecular formula is C22H27FO5. The van der Waals surface area contributed by atoms with Gasteiger partial charge in [0.25, 0.3) is 0 Å². The summed E-state index contributed by atoms with van der Waals surface area (Å²) in [7, 11) is 0. The van der Waals surface area contributed by atoms with Crippen LogP contribution in [0.5, 0.6) is 5.75 Å². The number of hydrogen-bond acceptors (Lipinski definition) is 4. The average Bonchev–Trinajstić information content (AvgIpc) is 3.02. The van der Waals surface area contributed by atoms with E-state index in [-0.39, 0.29) is 36.5 Å². The van der Waals surface area contributed by atoms with Crippen LogP contribution in [0, 0.1) is 17.7 Å². The van der Waals surface area contributed by atoms with Crippen molar-refractivity contribution >= 4 is 11.8 Å². The van der Waals surface area contributed by atoms with Gasteiger partial charge in [0.15, 0.2) is 0 Å². The smallest absolute Gasteiger partial charge is 0.303 e. The lowest BCUT2D eigenvalue weighted by atomic mass is 9.90. The number of aliphatic hydroxyl groups is 1. The summed E-state index contributed by atoms with van der Waals surface area (Å²) >= 11 is 0. The van der Waals surface area contributed by atoms with E-state index in [1.165, 1.54) is 24.3 Å². The Hall–Kier alpha value is -2.47. The topological polar surface area (TPSA) is 83.8 Å². The number of ether oxygens (including phenoxy) is 1. The summed E-state index contributed by atoms with van der Waals surface area (Å²) in [6.45, 7) is 0.0553. The molecule has 0 saturated heterocycles. The number of halogens is 1. The number of Topliss-reactive ketones (excluding diaryl/α,β-unsaturated/α-hetero) is 1. The van der Waals surface area contributed by atoms with Gasteiger partial charge in [0, 0.05) is 18.8 Å². The minimum absolute atomic E-state index is 0.0553. The van der Waals surface area contributed by atoms with Gasteiger partial charge >= 0.3 is 5.97 Å². The normalized spacial score (nSPS) is 20.9. The summed E-state index contributed by atoms with van der Waals surface area (Å²) in [4.78, 5) is 22.6. The molecule has 1 aromatic rings. The van der Waals surface area contributed by atoms with Crippen LogP contribution >= 0.6 is 0 Å². The molecule has 28 heavy (non-hydrogen) atoms. The molecule has 1 saturated carbocycles. The van der Waals surface area contributed by atoms with Crippen LogP contribution in [-0.2, 0) is 9.59 Å². The number of aliphatic hydroxyl groups excluding tert-OH is 1. The number of carbonyl (C=O) groups is 2. The van der Waals surface area contributed by atoms with Crippen molar-refractivity contribution < 1.29 is 28.9 Å². The first kappa shape index (κ1) is 21.8. The van der Waals surface area contributed by atoms with Crippen molar-refractivity contribution in [3.05, 3.63) is 54.4 Å². The highest BCUT2D eigenvalue weighted by Gasteiger charge is 2.32. The molecule has 1 aromatic carbocycles. The van der Waals surface area contributed by atoms with E-state index < -0.39 is 12.1 Å². The van der Waals surface area contributed by atoms with Crippen molar-refractivity contribution in [1.29, 1.82) is 0 Å². The molecule has 1 unspecified atom stereocenters. The second-order valence-electron chi connectivity index (χ2n) is 6.97. The first-order valence-electron chi connectivity index (χ1n) is 9.60. The first-order chi connectivity index (χ1) is 13.5. The van der Waals surface area contributed by atoms with Gasteiger partial charge in [-0.3, -0.25) is 9.59 Å². The van der Waals surface area contributed by atoms with Crippen molar-refractivity contribution in [2.75, 3.05) is 6.61 Å². The predicted molar refractivity (Wildman–Crippen MR) is 104 cm³/mol. The van der Waals surface area contributed by atoms with E-state index in [9.17, 15) is 19.1 Å². The monoisotopic (exact) mass is 390 g/mol. The van der Waals surface area contributed by atoms with E-state index in [1.807, 2.05) is 18.2 Å². The number of allylic oxidation sites excluding steroid dienone is 3. The maximum Gasteiger partial charge on any atom is 0.303 e. The molecule has 1 fully saturated rings. The number of carboxylic acid groups (broad SMARTS) is 1. The third-order valence-corrected chi connectivity index (χ3v) is 4.81. The van der Waals surface area contributed by atoms with Crippen LogP contribution in [-0.4, -0.2) is 34.7 Å². The number of carbonyl (C=O) groups excluding carboxylic acids is 1. The first-order valence-corrected chi connectivity index (χ1v) is 9.60. The molecule has 0 aliphatic heterocycles. The van der Waals surface area contributed by atoms with Crippen molar-refractivity contribution in [3.63, 3.8) is 0 Å². The van der Waals surface area contributed by atoms with E-state index >= 15 is 0 Å². The van der Waals surface area contributed by atoms with Gasteiger partial charge in [-0.1, -0.05) is 24.3 Å². The standard InChI is InChI=1S/C22H27FO5/c23-17-9-12-19(13-10-17)28-15-18(24)11-7-16-8-14-21(25)20(16)5-3-1-2-4-6-22(26)27/h1-2,7,9-13,16,18,20,24H,3-6,8,14-15H2,(H,26,27)/b2-1?,11-7+/t16-,18?,20-/m0/s1. The van der Waals surface area contributed by atoms with E-state index in [4.69, 9.17) is 9.84 Å². The molecule has 0 spiro atoms. The molecule has 2 rings (SSSR count). The van der Waals surface area contributed by atoms with Crippen molar-refractivity contribution in [1.82, 2.24) is 0 Å². The summed E-state index contributed by atoms with van der Waals surface area (Å²) in [6, 6.07) is 5.59. The minimum Gasteiger partial charge on any atom is -0.491 e. The van der Waals surface area contributed by atoms with Gasteiger partial charge in [-0.15, -0.1) is 0 Å². The molecule has 0 bridgehead atoms. The average molecular weight is 390 g/mol. The molecule has 5 nitrogen and oxygen atoms in total. The SMILES string of the molecule is O=C(O)CCC=CCC[C@@H]1C(=O)CC[C@@H]1/C=C/C(O)COc1ccc(F)cc1. The summed E-state index contributed by atoms with van der Waals surface area (Å²) in [5.74, 6) is -0.404. The van der Waals surface area contributed by atoms with Gasteiger partial charge in [0.1, 0.15) is 30.1 Å². The van der Waals surface area contributed by atoms with E-state index in [0.717, 1.165) is 19.3 Å². The lowest BCUT2D eigenvalue weighted by Gasteiger charge is -2.15. The minimum atomic E-state index is -0.817.